The van der Waals surface area contributed by atoms with E-state index in [1.807, 2.05) is 18.2 Å². The van der Waals surface area contributed by atoms with Crippen LogP contribution in [0.5, 0.6) is 0 Å². The summed E-state index contributed by atoms with van der Waals surface area (Å²) in [6.07, 6.45) is 0. The average molecular weight is 312 g/mol. The predicted octanol–water partition coefficient (Wildman–Crippen LogP) is 5.02. The van der Waals surface area contributed by atoms with Gasteiger partial charge in [0.15, 0.2) is 5.82 Å². The van der Waals surface area contributed by atoms with Gasteiger partial charge in [0.25, 0.3) is 0 Å². The van der Waals surface area contributed by atoms with Crippen LogP contribution in [0.1, 0.15) is 17.2 Å². The summed E-state index contributed by atoms with van der Waals surface area (Å²) in [5, 5.41) is 3.17. The van der Waals surface area contributed by atoms with Gasteiger partial charge < -0.3 is 5.32 Å². The third kappa shape index (κ3) is 2.63. The van der Waals surface area contributed by atoms with Crippen molar-refractivity contribution in [2.75, 3.05) is 11.1 Å². The second-order valence-corrected chi connectivity index (χ2v) is 6.09. The largest absolute Gasteiger partial charge is 0.374 e. The van der Waals surface area contributed by atoms with E-state index in [-0.39, 0.29) is 16.8 Å². The Labute approximate surface area is 125 Å². The molecular weight excluding hydrogens is 300 g/mol. The standard InChI is InChI=1S/C15H12ClF2NS/c16-12-5-10(17)6-13(18)15(12)19-14-8-20-7-9-3-1-2-4-11(9)14/h1-6,14,19H,7-8H2. The van der Waals surface area contributed by atoms with Crippen LogP contribution in [0.15, 0.2) is 36.4 Å². The smallest absolute Gasteiger partial charge is 0.150 e. The number of halogens is 3. The van der Waals surface area contributed by atoms with Gasteiger partial charge in [-0.2, -0.15) is 11.8 Å². The second-order valence-electron chi connectivity index (χ2n) is 4.66. The third-order valence-electron chi connectivity index (χ3n) is 3.30. The van der Waals surface area contributed by atoms with Gasteiger partial charge in [-0.3, -0.25) is 0 Å². The van der Waals surface area contributed by atoms with E-state index in [0.717, 1.165) is 29.2 Å². The van der Waals surface area contributed by atoms with Crippen LogP contribution in [-0.2, 0) is 5.75 Å². The van der Waals surface area contributed by atoms with E-state index in [1.54, 1.807) is 11.8 Å². The van der Waals surface area contributed by atoms with Gasteiger partial charge in [0.1, 0.15) is 5.82 Å². The molecule has 1 aliphatic heterocycles. The Hall–Kier alpha value is -1.26. The maximum Gasteiger partial charge on any atom is 0.150 e. The van der Waals surface area contributed by atoms with Gasteiger partial charge in [0.2, 0.25) is 0 Å². The van der Waals surface area contributed by atoms with Crippen LogP contribution in [0.3, 0.4) is 0 Å². The number of fused-ring (bicyclic) bond motifs is 1. The third-order valence-corrected chi connectivity index (χ3v) is 4.68. The lowest BCUT2D eigenvalue weighted by Gasteiger charge is -2.27. The van der Waals surface area contributed by atoms with Gasteiger partial charge in [0, 0.05) is 17.6 Å². The Balaban J connectivity index is 1.94. The average Bonchev–Trinajstić information content (AvgIpc) is 2.43. The van der Waals surface area contributed by atoms with E-state index in [9.17, 15) is 8.78 Å². The van der Waals surface area contributed by atoms with Gasteiger partial charge in [-0.15, -0.1) is 0 Å². The van der Waals surface area contributed by atoms with E-state index in [1.165, 1.54) is 5.56 Å². The van der Waals surface area contributed by atoms with Gasteiger partial charge >= 0.3 is 0 Å². The second kappa shape index (κ2) is 5.62. The maximum atomic E-state index is 13.8. The van der Waals surface area contributed by atoms with Crippen molar-refractivity contribution in [1.29, 1.82) is 0 Å². The molecule has 1 unspecified atom stereocenters. The van der Waals surface area contributed by atoms with Crippen LogP contribution in [0.4, 0.5) is 14.5 Å². The molecule has 104 valence electrons. The van der Waals surface area contributed by atoms with Crippen LogP contribution >= 0.6 is 23.4 Å². The van der Waals surface area contributed by atoms with Gasteiger partial charge in [-0.1, -0.05) is 35.9 Å². The van der Waals surface area contributed by atoms with E-state index in [4.69, 9.17) is 11.6 Å². The highest BCUT2D eigenvalue weighted by Crippen LogP contribution is 2.36. The number of hydrogen-bond donors (Lipinski definition) is 1. The fourth-order valence-corrected chi connectivity index (χ4v) is 3.70. The summed E-state index contributed by atoms with van der Waals surface area (Å²) in [6.45, 7) is 0. The first-order valence-electron chi connectivity index (χ1n) is 6.22. The Morgan fingerprint density at radius 2 is 2.00 bits per heavy atom. The van der Waals surface area contributed by atoms with E-state index < -0.39 is 11.6 Å². The Morgan fingerprint density at radius 1 is 1.20 bits per heavy atom. The Bertz CT molecular complexity index is 625. The lowest BCUT2D eigenvalue weighted by Crippen LogP contribution is -2.19. The molecule has 3 rings (SSSR count). The molecule has 0 saturated heterocycles. The van der Waals surface area contributed by atoms with E-state index in [2.05, 4.69) is 11.4 Å². The molecule has 20 heavy (non-hydrogen) atoms. The van der Waals surface area contributed by atoms with Crippen LogP contribution in [0, 0.1) is 11.6 Å². The molecule has 0 aliphatic carbocycles. The molecular formula is C15H12ClF2NS. The molecule has 0 radical (unpaired) electrons. The van der Waals surface area contributed by atoms with Crippen LogP contribution < -0.4 is 5.32 Å². The summed E-state index contributed by atoms with van der Waals surface area (Å²) in [5.41, 5.74) is 2.54. The summed E-state index contributed by atoms with van der Waals surface area (Å²) < 4.78 is 26.9. The van der Waals surface area contributed by atoms with Crippen LogP contribution in [0.2, 0.25) is 5.02 Å². The van der Waals surface area contributed by atoms with Gasteiger partial charge in [-0.25, -0.2) is 8.78 Å². The summed E-state index contributed by atoms with van der Waals surface area (Å²) in [6, 6.07) is 9.99. The summed E-state index contributed by atoms with van der Waals surface area (Å²) in [4.78, 5) is 0. The topological polar surface area (TPSA) is 12.0 Å². The summed E-state index contributed by atoms with van der Waals surface area (Å²) in [5.74, 6) is 0.442. The first-order chi connectivity index (χ1) is 9.65. The highest BCUT2D eigenvalue weighted by Gasteiger charge is 2.22. The molecule has 0 amide bonds. The minimum atomic E-state index is -0.670. The first-order valence-corrected chi connectivity index (χ1v) is 7.75. The molecule has 1 N–H and O–H groups in total. The summed E-state index contributed by atoms with van der Waals surface area (Å²) >= 11 is 7.71. The Morgan fingerprint density at radius 3 is 2.80 bits per heavy atom. The zero-order chi connectivity index (χ0) is 14.1. The fourth-order valence-electron chi connectivity index (χ4n) is 2.36. The molecule has 1 heterocycles. The highest BCUT2D eigenvalue weighted by atomic mass is 35.5. The van der Waals surface area contributed by atoms with Crippen molar-refractivity contribution < 1.29 is 8.78 Å². The minimum absolute atomic E-state index is 0.0255. The summed E-state index contributed by atoms with van der Waals surface area (Å²) in [7, 11) is 0. The molecule has 0 spiro atoms. The van der Waals surface area contributed by atoms with Gasteiger partial charge in [0.05, 0.1) is 16.8 Å². The molecule has 1 nitrogen and oxygen atoms in total. The lowest BCUT2D eigenvalue weighted by molar-refractivity contribution is 0.584. The quantitative estimate of drug-likeness (QED) is 0.836. The van der Waals surface area contributed by atoms with Crippen molar-refractivity contribution in [3.63, 3.8) is 0 Å². The van der Waals surface area contributed by atoms with Crippen molar-refractivity contribution in [2.45, 2.75) is 11.8 Å². The van der Waals surface area contributed by atoms with Crippen molar-refractivity contribution in [3.05, 3.63) is 64.2 Å². The van der Waals surface area contributed by atoms with Crippen molar-refractivity contribution in [2.24, 2.45) is 0 Å². The van der Waals surface area contributed by atoms with E-state index >= 15 is 0 Å². The molecule has 0 aromatic heterocycles. The first kappa shape index (κ1) is 13.7. The normalized spacial score (nSPS) is 17.6. The maximum absolute atomic E-state index is 13.8. The van der Waals surface area contributed by atoms with Crippen molar-refractivity contribution in [3.8, 4) is 0 Å². The molecule has 1 aliphatic rings. The van der Waals surface area contributed by atoms with Crippen molar-refractivity contribution >= 4 is 29.1 Å². The van der Waals surface area contributed by atoms with E-state index in [0.29, 0.717) is 0 Å². The number of benzene rings is 2. The molecule has 2 aromatic rings. The zero-order valence-corrected chi connectivity index (χ0v) is 12.1. The van der Waals surface area contributed by atoms with Gasteiger partial charge in [-0.05, 0) is 17.2 Å². The lowest BCUT2D eigenvalue weighted by atomic mass is 10.0. The predicted molar refractivity (Wildman–Crippen MR) is 80.3 cm³/mol. The number of nitrogens with one attached hydrogen (secondary N) is 1. The SMILES string of the molecule is Fc1cc(F)c(NC2CSCc3ccccc32)c(Cl)c1. The number of anilines is 1. The monoisotopic (exact) mass is 311 g/mol. The molecule has 0 bridgehead atoms. The molecule has 0 saturated carbocycles. The minimum Gasteiger partial charge on any atom is -0.374 e. The molecule has 5 heteroatoms. The molecule has 1 atom stereocenters. The highest BCUT2D eigenvalue weighted by molar-refractivity contribution is 7.98. The fraction of sp³-hybridized carbons (Fsp3) is 0.200. The zero-order valence-electron chi connectivity index (χ0n) is 10.5. The molecule has 2 aromatic carbocycles. The Kier molecular flexibility index (Phi) is 3.85. The van der Waals surface area contributed by atoms with Crippen LogP contribution in [0.25, 0.3) is 0 Å². The van der Waals surface area contributed by atoms with Crippen molar-refractivity contribution in [1.82, 2.24) is 0 Å². The number of rotatable bonds is 2. The number of thioether (sulfide) groups is 1. The number of hydrogen-bond acceptors (Lipinski definition) is 2. The van der Waals surface area contributed by atoms with Crippen LogP contribution in [-0.4, -0.2) is 5.75 Å². The molecule has 0 fully saturated rings.